The van der Waals surface area contributed by atoms with Crippen molar-refractivity contribution in [3.05, 3.63) is 77.6 Å². The van der Waals surface area contributed by atoms with Gasteiger partial charge in [-0.15, -0.1) is 0 Å². The summed E-state index contributed by atoms with van der Waals surface area (Å²) >= 11 is 0. The number of anilines is 1. The van der Waals surface area contributed by atoms with Crippen LogP contribution in [0.1, 0.15) is 16.8 Å². The average molecular weight is 344 g/mol. The number of hydrogen-bond acceptors (Lipinski definition) is 3. The molecule has 0 saturated carbocycles. The van der Waals surface area contributed by atoms with Crippen LogP contribution in [0.15, 0.2) is 60.8 Å². The van der Waals surface area contributed by atoms with E-state index in [1.54, 1.807) is 4.90 Å². The summed E-state index contributed by atoms with van der Waals surface area (Å²) in [7, 11) is 0. The Bertz CT molecular complexity index is 940. The molecule has 4 rings (SSSR count). The third kappa shape index (κ3) is 3.42. The van der Waals surface area contributed by atoms with Crippen molar-refractivity contribution >= 4 is 11.7 Å². The summed E-state index contributed by atoms with van der Waals surface area (Å²) in [5.74, 6) is 0.738. The normalized spacial score (nSPS) is 13.2. The van der Waals surface area contributed by atoms with Crippen molar-refractivity contribution in [1.29, 1.82) is 0 Å². The molecule has 0 spiro atoms. The van der Waals surface area contributed by atoms with Crippen LogP contribution in [0.4, 0.5) is 10.5 Å². The number of fused-ring (bicyclic) bond motifs is 1. The van der Waals surface area contributed by atoms with Crippen LogP contribution in [0.25, 0.3) is 11.4 Å². The minimum Gasteiger partial charge on any atom is -0.320 e. The third-order valence-electron chi connectivity index (χ3n) is 4.52. The van der Waals surface area contributed by atoms with E-state index in [0.717, 1.165) is 40.3 Å². The lowest BCUT2D eigenvalue weighted by atomic mass is 10.1. The van der Waals surface area contributed by atoms with Gasteiger partial charge in [0.2, 0.25) is 0 Å². The van der Waals surface area contributed by atoms with Gasteiger partial charge in [0.05, 0.1) is 12.2 Å². The van der Waals surface area contributed by atoms with Gasteiger partial charge in [0, 0.05) is 36.0 Å². The number of nitrogens with one attached hydrogen (secondary N) is 1. The predicted molar refractivity (Wildman–Crippen MR) is 102 cm³/mol. The summed E-state index contributed by atoms with van der Waals surface area (Å²) in [5, 5.41) is 2.97. The molecule has 0 unspecified atom stereocenters. The fourth-order valence-corrected chi connectivity index (χ4v) is 3.14. The summed E-state index contributed by atoms with van der Waals surface area (Å²) in [6.45, 7) is 3.19. The van der Waals surface area contributed by atoms with Crippen molar-refractivity contribution in [2.45, 2.75) is 19.9 Å². The lowest BCUT2D eigenvalue weighted by Crippen LogP contribution is -2.39. The van der Waals surface area contributed by atoms with Gasteiger partial charge in [-0.2, -0.15) is 0 Å². The highest BCUT2D eigenvalue weighted by molar-refractivity contribution is 5.89. The molecule has 1 aromatic heterocycles. The molecule has 5 nitrogen and oxygen atoms in total. The molecule has 0 fully saturated rings. The van der Waals surface area contributed by atoms with E-state index in [-0.39, 0.29) is 6.03 Å². The van der Waals surface area contributed by atoms with E-state index in [0.29, 0.717) is 13.1 Å². The molecule has 2 heterocycles. The Morgan fingerprint density at radius 1 is 1.12 bits per heavy atom. The molecule has 0 saturated heterocycles. The van der Waals surface area contributed by atoms with Gasteiger partial charge in [0.1, 0.15) is 0 Å². The van der Waals surface area contributed by atoms with E-state index in [2.05, 4.69) is 10.3 Å². The number of nitrogens with zero attached hydrogens (tertiary/aromatic N) is 3. The predicted octanol–water partition coefficient (Wildman–Crippen LogP) is 4.04. The number of carbonyl (C=O) groups is 1. The van der Waals surface area contributed by atoms with Crippen LogP contribution in [-0.2, 0) is 13.0 Å². The van der Waals surface area contributed by atoms with Crippen molar-refractivity contribution in [2.75, 3.05) is 11.9 Å². The fraction of sp³-hybridized carbons (Fsp3) is 0.190. The van der Waals surface area contributed by atoms with E-state index in [9.17, 15) is 4.79 Å². The Labute approximate surface area is 152 Å². The molecule has 0 aliphatic carbocycles. The lowest BCUT2D eigenvalue weighted by Gasteiger charge is -2.28. The van der Waals surface area contributed by atoms with E-state index in [1.807, 2.05) is 67.7 Å². The van der Waals surface area contributed by atoms with Crippen LogP contribution < -0.4 is 5.32 Å². The third-order valence-corrected chi connectivity index (χ3v) is 4.52. The Morgan fingerprint density at radius 3 is 2.77 bits per heavy atom. The van der Waals surface area contributed by atoms with Crippen LogP contribution in [-0.4, -0.2) is 27.4 Å². The molecular weight excluding hydrogens is 324 g/mol. The molecule has 1 aliphatic rings. The number of hydrogen-bond donors (Lipinski definition) is 1. The Morgan fingerprint density at radius 2 is 1.96 bits per heavy atom. The summed E-state index contributed by atoms with van der Waals surface area (Å²) in [6, 6.07) is 17.7. The molecule has 0 atom stereocenters. The molecule has 2 aromatic carbocycles. The zero-order valence-corrected chi connectivity index (χ0v) is 14.6. The Hall–Kier alpha value is -3.21. The van der Waals surface area contributed by atoms with Gasteiger partial charge >= 0.3 is 6.03 Å². The second-order valence-electron chi connectivity index (χ2n) is 6.50. The topological polar surface area (TPSA) is 58.1 Å². The van der Waals surface area contributed by atoms with E-state index >= 15 is 0 Å². The van der Waals surface area contributed by atoms with Gasteiger partial charge in [0.15, 0.2) is 5.82 Å². The first-order chi connectivity index (χ1) is 12.7. The van der Waals surface area contributed by atoms with Crippen molar-refractivity contribution in [3.8, 4) is 11.4 Å². The molecule has 0 bridgehead atoms. The second kappa shape index (κ2) is 6.96. The maximum atomic E-state index is 12.6. The van der Waals surface area contributed by atoms with E-state index in [1.165, 1.54) is 0 Å². The standard InChI is InChI=1S/C21H20N4O/c1-15-6-5-9-18(12-15)23-21(26)25-11-10-19-17(14-25)13-22-20(24-19)16-7-3-2-4-8-16/h2-9,12-13H,10-11,14H2,1H3,(H,23,26). The van der Waals surface area contributed by atoms with Gasteiger partial charge in [-0.3, -0.25) is 0 Å². The molecule has 130 valence electrons. The molecule has 5 heteroatoms. The summed E-state index contributed by atoms with van der Waals surface area (Å²) in [5.41, 5.74) is 4.98. The Kier molecular flexibility index (Phi) is 4.35. The lowest BCUT2D eigenvalue weighted by molar-refractivity contribution is 0.206. The number of rotatable bonds is 2. The largest absolute Gasteiger partial charge is 0.322 e. The van der Waals surface area contributed by atoms with Crippen molar-refractivity contribution in [3.63, 3.8) is 0 Å². The molecule has 1 N–H and O–H groups in total. The van der Waals surface area contributed by atoms with Crippen LogP contribution in [0.3, 0.4) is 0 Å². The number of amides is 2. The van der Waals surface area contributed by atoms with Crippen LogP contribution in [0.5, 0.6) is 0 Å². The molecule has 26 heavy (non-hydrogen) atoms. The van der Waals surface area contributed by atoms with Gasteiger partial charge in [-0.25, -0.2) is 14.8 Å². The average Bonchev–Trinajstić information content (AvgIpc) is 2.68. The Balaban J connectivity index is 1.48. The fourth-order valence-electron chi connectivity index (χ4n) is 3.14. The summed E-state index contributed by atoms with van der Waals surface area (Å²) < 4.78 is 0. The van der Waals surface area contributed by atoms with Gasteiger partial charge in [-0.05, 0) is 24.6 Å². The maximum Gasteiger partial charge on any atom is 0.322 e. The number of carbonyl (C=O) groups excluding carboxylic acids is 1. The second-order valence-corrected chi connectivity index (χ2v) is 6.50. The molecule has 2 amide bonds. The zero-order valence-electron chi connectivity index (χ0n) is 14.6. The number of urea groups is 1. The minimum atomic E-state index is -0.0895. The maximum absolute atomic E-state index is 12.6. The van der Waals surface area contributed by atoms with Crippen LogP contribution in [0.2, 0.25) is 0 Å². The molecule has 3 aromatic rings. The number of aromatic nitrogens is 2. The van der Waals surface area contributed by atoms with Crippen LogP contribution >= 0.6 is 0 Å². The molecule has 1 aliphatic heterocycles. The summed E-state index contributed by atoms with van der Waals surface area (Å²) in [6.07, 6.45) is 2.58. The van der Waals surface area contributed by atoms with Gasteiger partial charge in [0.25, 0.3) is 0 Å². The van der Waals surface area contributed by atoms with Crippen molar-refractivity contribution < 1.29 is 4.79 Å². The number of benzene rings is 2. The van der Waals surface area contributed by atoms with Crippen molar-refractivity contribution in [1.82, 2.24) is 14.9 Å². The quantitative estimate of drug-likeness (QED) is 0.763. The number of aryl methyl sites for hydroxylation is 1. The van der Waals surface area contributed by atoms with E-state index in [4.69, 9.17) is 4.98 Å². The van der Waals surface area contributed by atoms with Gasteiger partial charge < -0.3 is 10.2 Å². The highest BCUT2D eigenvalue weighted by Crippen LogP contribution is 2.21. The van der Waals surface area contributed by atoms with Crippen molar-refractivity contribution in [2.24, 2.45) is 0 Å². The minimum absolute atomic E-state index is 0.0895. The smallest absolute Gasteiger partial charge is 0.320 e. The highest BCUT2D eigenvalue weighted by atomic mass is 16.2. The zero-order chi connectivity index (χ0) is 17.9. The molecule has 0 radical (unpaired) electrons. The first-order valence-corrected chi connectivity index (χ1v) is 8.72. The first kappa shape index (κ1) is 16.3. The van der Waals surface area contributed by atoms with Crippen LogP contribution in [0, 0.1) is 6.92 Å². The van der Waals surface area contributed by atoms with Gasteiger partial charge in [-0.1, -0.05) is 42.5 Å². The SMILES string of the molecule is Cc1cccc(NC(=O)N2CCc3nc(-c4ccccc4)ncc3C2)c1. The monoisotopic (exact) mass is 344 g/mol. The molecular formula is C21H20N4O. The highest BCUT2D eigenvalue weighted by Gasteiger charge is 2.22. The summed E-state index contributed by atoms with van der Waals surface area (Å²) in [4.78, 5) is 23.5. The first-order valence-electron chi connectivity index (χ1n) is 8.72. The van der Waals surface area contributed by atoms with E-state index < -0.39 is 0 Å².